The summed E-state index contributed by atoms with van der Waals surface area (Å²) in [7, 11) is 0. The van der Waals surface area contributed by atoms with Crippen LogP contribution in [0.3, 0.4) is 0 Å². The Morgan fingerprint density at radius 2 is 1.90 bits per heavy atom. The molecule has 1 aliphatic rings. The maximum atomic E-state index is 4.15. The SMILES string of the molecule is CC(NC1CSCCSC1)c1ccc(-n2cncn2)cc1. The second-order valence-electron chi connectivity index (χ2n) is 5.17. The largest absolute Gasteiger partial charge is 0.306 e. The lowest BCUT2D eigenvalue weighted by Gasteiger charge is -2.22. The normalized spacial score (nSPS) is 18.3. The van der Waals surface area contributed by atoms with E-state index in [2.05, 4.69) is 70.1 Å². The first kappa shape index (κ1) is 14.9. The quantitative estimate of drug-likeness (QED) is 0.938. The Labute approximate surface area is 134 Å². The Bertz CT molecular complexity index is 533. The molecule has 2 heterocycles. The molecule has 0 aliphatic carbocycles. The Hall–Kier alpha value is -0.980. The maximum absolute atomic E-state index is 4.15. The van der Waals surface area contributed by atoms with Gasteiger partial charge in [-0.05, 0) is 24.6 Å². The van der Waals surface area contributed by atoms with Crippen LogP contribution >= 0.6 is 23.5 Å². The molecule has 1 unspecified atom stereocenters. The van der Waals surface area contributed by atoms with Gasteiger partial charge in [0.15, 0.2) is 0 Å². The van der Waals surface area contributed by atoms with Crippen LogP contribution in [0.5, 0.6) is 0 Å². The first-order valence-corrected chi connectivity index (χ1v) is 9.50. The molecule has 1 saturated heterocycles. The molecule has 1 aromatic carbocycles. The molecule has 2 aromatic rings. The minimum Gasteiger partial charge on any atom is -0.306 e. The first-order chi connectivity index (χ1) is 10.3. The van der Waals surface area contributed by atoms with Gasteiger partial charge in [0.2, 0.25) is 0 Å². The highest BCUT2D eigenvalue weighted by Crippen LogP contribution is 2.20. The van der Waals surface area contributed by atoms with Gasteiger partial charge in [0.25, 0.3) is 0 Å². The van der Waals surface area contributed by atoms with E-state index in [1.807, 2.05) is 0 Å². The predicted octanol–water partition coefficient (Wildman–Crippen LogP) is 2.77. The second kappa shape index (κ2) is 7.33. The van der Waals surface area contributed by atoms with Crippen LogP contribution in [0.1, 0.15) is 18.5 Å². The third-order valence-corrected chi connectivity index (χ3v) is 6.09. The molecule has 112 valence electrons. The Morgan fingerprint density at radius 3 is 2.52 bits per heavy atom. The second-order valence-corrected chi connectivity index (χ2v) is 7.47. The predicted molar refractivity (Wildman–Crippen MR) is 91.3 cm³/mol. The van der Waals surface area contributed by atoms with E-state index >= 15 is 0 Å². The zero-order valence-electron chi connectivity index (χ0n) is 12.1. The van der Waals surface area contributed by atoms with E-state index in [1.54, 1.807) is 17.3 Å². The molecule has 4 nitrogen and oxygen atoms in total. The molecule has 1 N–H and O–H groups in total. The minimum absolute atomic E-state index is 0.374. The van der Waals surface area contributed by atoms with Crippen LogP contribution in [0.15, 0.2) is 36.9 Å². The van der Waals surface area contributed by atoms with E-state index in [1.165, 1.54) is 28.6 Å². The Morgan fingerprint density at radius 1 is 1.19 bits per heavy atom. The van der Waals surface area contributed by atoms with Crippen molar-refractivity contribution in [2.45, 2.75) is 19.0 Å². The summed E-state index contributed by atoms with van der Waals surface area (Å²) < 4.78 is 1.78. The average molecular weight is 320 g/mol. The smallest absolute Gasteiger partial charge is 0.138 e. The zero-order chi connectivity index (χ0) is 14.5. The highest BCUT2D eigenvalue weighted by molar-refractivity contribution is 8.03. The molecule has 0 radical (unpaired) electrons. The fraction of sp³-hybridized carbons (Fsp3) is 0.467. The molecular formula is C15H20N4S2. The summed E-state index contributed by atoms with van der Waals surface area (Å²) >= 11 is 4.12. The van der Waals surface area contributed by atoms with Crippen LogP contribution in [0, 0.1) is 0 Å². The van der Waals surface area contributed by atoms with E-state index in [-0.39, 0.29) is 0 Å². The maximum Gasteiger partial charge on any atom is 0.138 e. The summed E-state index contributed by atoms with van der Waals surface area (Å²) in [6.45, 7) is 2.24. The van der Waals surface area contributed by atoms with E-state index in [4.69, 9.17) is 0 Å². The van der Waals surface area contributed by atoms with Gasteiger partial charge < -0.3 is 5.32 Å². The van der Waals surface area contributed by atoms with E-state index in [0.29, 0.717) is 12.1 Å². The van der Waals surface area contributed by atoms with Crippen molar-refractivity contribution >= 4 is 23.5 Å². The Balaban J connectivity index is 1.63. The molecule has 1 fully saturated rings. The number of nitrogens with one attached hydrogen (secondary N) is 1. The van der Waals surface area contributed by atoms with Gasteiger partial charge in [0.05, 0.1) is 5.69 Å². The van der Waals surface area contributed by atoms with E-state index in [0.717, 1.165) is 5.69 Å². The fourth-order valence-corrected chi connectivity index (χ4v) is 4.84. The van der Waals surface area contributed by atoms with E-state index in [9.17, 15) is 0 Å². The number of benzene rings is 1. The van der Waals surface area contributed by atoms with Crippen LogP contribution in [0.2, 0.25) is 0 Å². The van der Waals surface area contributed by atoms with Crippen molar-refractivity contribution in [3.63, 3.8) is 0 Å². The van der Waals surface area contributed by atoms with Crippen LogP contribution in [-0.4, -0.2) is 43.8 Å². The number of aromatic nitrogens is 3. The van der Waals surface area contributed by atoms with Gasteiger partial charge in [-0.15, -0.1) is 0 Å². The molecule has 6 heteroatoms. The molecule has 1 aliphatic heterocycles. The third kappa shape index (κ3) is 4.02. The van der Waals surface area contributed by atoms with Gasteiger partial charge in [-0.2, -0.15) is 28.6 Å². The summed E-state index contributed by atoms with van der Waals surface area (Å²) in [6, 6.07) is 9.51. The van der Waals surface area contributed by atoms with Gasteiger partial charge >= 0.3 is 0 Å². The molecule has 0 amide bonds. The first-order valence-electron chi connectivity index (χ1n) is 7.19. The van der Waals surface area contributed by atoms with Crippen molar-refractivity contribution in [3.8, 4) is 5.69 Å². The lowest BCUT2D eigenvalue weighted by atomic mass is 10.1. The van der Waals surface area contributed by atoms with E-state index < -0.39 is 0 Å². The summed E-state index contributed by atoms with van der Waals surface area (Å²) in [5.41, 5.74) is 2.36. The van der Waals surface area contributed by atoms with Gasteiger partial charge in [0, 0.05) is 35.1 Å². The van der Waals surface area contributed by atoms with Crippen LogP contribution in [0.4, 0.5) is 0 Å². The highest BCUT2D eigenvalue weighted by Gasteiger charge is 2.16. The molecule has 0 spiro atoms. The van der Waals surface area contributed by atoms with Crippen LogP contribution in [-0.2, 0) is 0 Å². The number of rotatable bonds is 4. The third-order valence-electron chi connectivity index (χ3n) is 3.57. The van der Waals surface area contributed by atoms with Gasteiger partial charge in [-0.1, -0.05) is 12.1 Å². The fourth-order valence-electron chi connectivity index (χ4n) is 2.42. The molecule has 0 saturated carbocycles. The monoisotopic (exact) mass is 320 g/mol. The Kier molecular flexibility index (Phi) is 5.22. The molecule has 21 heavy (non-hydrogen) atoms. The van der Waals surface area contributed by atoms with Crippen LogP contribution < -0.4 is 5.32 Å². The van der Waals surface area contributed by atoms with Crippen molar-refractivity contribution in [2.24, 2.45) is 0 Å². The van der Waals surface area contributed by atoms with Gasteiger partial charge in [-0.3, -0.25) is 0 Å². The van der Waals surface area contributed by atoms with Crippen molar-refractivity contribution in [1.82, 2.24) is 20.1 Å². The summed E-state index contributed by atoms with van der Waals surface area (Å²) in [5, 5.41) is 7.90. The highest BCUT2D eigenvalue weighted by atomic mass is 32.2. The molecule has 1 aromatic heterocycles. The van der Waals surface area contributed by atoms with Crippen LogP contribution in [0.25, 0.3) is 5.69 Å². The standard InChI is InChI=1S/C15H20N4S2/c1-12(18-14-8-20-6-7-21-9-14)13-2-4-15(5-3-13)19-11-16-10-17-19/h2-5,10-12,14,18H,6-9H2,1H3. The molecule has 3 rings (SSSR count). The van der Waals surface area contributed by atoms with Crippen molar-refractivity contribution in [2.75, 3.05) is 23.0 Å². The lowest BCUT2D eigenvalue weighted by molar-refractivity contribution is 0.517. The minimum atomic E-state index is 0.374. The van der Waals surface area contributed by atoms with Crippen molar-refractivity contribution in [1.29, 1.82) is 0 Å². The number of thioether (sulfide) groups is 2. The summed E-state index contributed by atoms with van der Waals surface area (Å²) in [6.07, 6.45) is 3.27. The molecular weight excluding hydrogens is 300 g/mol. The summed E-state index contributed by atoms with van der Waals surface area (Å²) in [5.74, 6) is 5.00. The topological polar surface area (TPSA) is 42.7 Å². The average Bonchev–Trinajstić information content (AvgIpc) is 2.93. The number of nitrogens with zero attached hydrogens (tertiary/aromatic N) is 3. The van der Waals surface area contributed by atoms with Crippen molar-refractivity contribution in [3.05, 3.63) is 42.5 Å². The molecule has 1 atom stereocenters. The lowest BCUT2D eigenvalue weighted by Crippen LogP contribution is -2.35. The zero-order valence-corrected chi connectivity index (χ0v) is 13.7. The number of hydrogen-bond acceptors (Lipinski definition) is 5. The van der Waals surface area contributed by atoms with Crippen molar-refractivity contribution < 1.29 is 0 Å². The summed E-state index contributed by atoms with van der Waals surface area (Å²) in [4.78, 5) is 3.98. The van der Waals surface area contributed by atoms with Gasteiger partial charge in [-0.25, -0.2) is 9.67 Å². The van der Waals surface area contributed by atoms with Gasteiger partial charge in [0.1, 0.15) is 12.7 Å². The molecule has 0 bridgehead atoms. The number of hydrogen-bond donors (Lipinski definition) is 1.